The summed E-state index contributed by atoms with van der Waals surface area (Å²) in [4.78, 5) is 28.7. The molecule has 28 heavy (non-hydrogen) atoms. The van der Waals surface area contributed by atoms with E-state index in [1.807, 2.05) is 0 Å². The lowest BCUT2D eigenvalue weighted by Crippen LogP contribution is -2.16. The maximum absolute atomic E-state index is 13.6. The van der Waals surface area contributed by atoms with Gasteiger partial charge in [-0.1, -0.05) is 12.1 Å². The van der Waals surface area contributed by atoms with E-state index in [4.69, 9.17) is 9.47 Å². The lowest BCUT2D eigenvalue weighted by atomic mass is 10.2. The Labute approximate surface area is 163 Å². The van der Waals surface area contributed by atoms with Gasteiger partial charge in [0.2, 0.25) is 12.7 Å². The Morgan fingerprint density at radius 2 is 1.93 bits per heavy atom. The van der Waals surface area contributed by atoms with Crippen molar-refractivity contribution in [3.05, 3.63) is 64.9 Å². The number of nitrogens with zero attached hydrogens (tertiary/aromatic N) is 1. The van der Waals surface area contributed by atoms with Gasteiger partial charge in [0.05, 0.1) is 17.8 Å². The van der Waals surface area contributed by atoms with E-state index >= 15 is 0 Å². The molecule has 2 aromatic carbocycles. The highest BCUT2D eigenvalue weighted by Crippen LogP contribution is 2.32. The first-order valence-corrected chi connectivity index (χ1v) is 9.16. The van der Waals surface area contributed by atoms with E-state index in [1.165, 1.54) is 23.5 Å². The summed E-state index contributed by atoms with van der Waals surface area (Å²) in [5, 5.41) is 7.20. The lowest BCUT2D eigenvalue weighted by Gasteiger charge is -2.05. The molecule has 0 saturated carbocycles. The number of benzene rings is 2. The zero-order chi connectivity index (χ0) is 19.5. The van der Waals surface area contributed by atoms with Gasteiger partial charge in [-0.15, -0.1) is 11.3 Å². The topological polar surface area (TPSA) is 89.6 Å². The molecule has 2 amide bonds. The molecule has 0 atom stereocenters. The molecule has 4 rings (SSSR count). The molecule has 0 radical (unpaired) electrons. The summed E-state index contributed by atoms with van der Waals surface area (Å²) in [6, 6.07) is 10.8. The Bertz CT molecular complexity index is 1050. The first-order chi connectivity index (χ1) is 13.6. The second kappa shape index (κ2) is 7.65. The van der Waals surface area contributed by atoms with Gasteiger partial charge in [0.25, 0.3) is 5.91 Å². The fourth-order valence-electron chi connectivity index (χ4n) is 2.57. The first kappa shape index (κ1) is 17.9. The average molecular weight is 399 g/mol. The molecule has 0 spiro atoms. The van der Waals surface area contributed by atoms with Gasteiger partial charge in [0.1, 0.15) is 5.82 Å². The first-order valence-electron chi connectivity index (χ1n) is 8.28. The fraction of sp³-hybridized carbons (Fsp3) is 0.105. The molecule has 0 fully saturated rings. The van der Waals surface area contributed by atoms with Gasteiger partial charge in [-0.2, -0.15) is 0 Å². The molecule has 1 aromatic heterocycles. The standard InChI is InChI=1S/C19H14FN3O4S/c20-13-3-1-2-4-14(13)22-17(24)8-12-9-28-19(21-12)23-18(25)11-5-6-15-16(7-11)27-10-26-15/h1-7,9H,8,10H2,(H,22,24)(H,21,23,25). The highest BCUT2D eigenvalue weighted by Gasteiger charge is 2.17. The van der Waals surface area contributed by atoms with Gasteiger partial charge >= 0.3 is 0 Å². The number of carbonyl (C=O) groups is 2. The van der Waals surface area contributed by atoms with Crippen LogP contribution in [0.15, 0.2) is 47.8 Å². The van der Waals surface area contributed by atoms with Crippen molar-refractivity contribution in [3.63, 3.8) is 0 Å². The van der Waals surface area contributed by atoms with Gasteiger partial charge in [-0.25, -0.2) is 9.37 Å². The van der Waals surface area contributed by atoms with Crippen molar-refractivity contribution >= 4 is 34.0 Å². The van der Waals surface area contributed by atoms with Crippen LogP contribution in [0.4, 0.5) is 15.2 Å². The summed E-state index contributed by atoms with van der Waals surface area (Å²) in [5.74, 6) is -0.156. The number of thiazole rings is 1. The monoisotopic (exact) mass is 399 g/mol. The number of hydrogen-bond donors (Lipinski definition) is 2. The number of carbonyl (C=O) groups excluding carboxylic acids is 2. The van der Waals surface area contributed by atoms with E-state index in [1.54, 1.807) is 35.7 Å². The number of fused-ring (bicyclic) bond motifs is 1. The largest absolute Gasteiger partial charge is 0.454 e. The summed E-state index contributed by atoms with van der Waals surface area (Å²) in [7, 11) is 0. The van der Waals surface area contributed by atoms with E-state index in [2.05, 4.69) is 15.6 Å². The third kappa shape index (κ3) is 3.94. The summed E-state index contributed by atoms with van der Waals surface area (Å²) >= 11 is 1.20. The van der Waals surface area contributed by atoms with Crippen molar-refractivity contribution in [2.24, 2.45) is 0 Å². The van der Waals surface area contributed by atoms with E-state index in [-0.39, 0.29) is 24.8 Å². The minimum absolute atomic E-state index is 0.0370. The number of para-hydroxylation sites is 1. The molecule has 1 aliphatic rings. The number of hydrogen-bond acceptors (Lipinski definition) is 6. The van der Waals surface area contributed by atoms with E-state index in [9.17, 15) is 14.0 Å². The van der Waals surface area contributed by atoms with Crippen LogP contribution >= 0.6 is 11.3 Å². The van der Waals surface area contributed by atoms with Crippen LogP contribution in [-0.4, -0.2) is 23.6 Å². The molecule has 3 aromatic rings. The predicted octanol–water partition coefficient (Wildman–Crippen LogP) is 3.44. The highest BCUT2D eigenvalue weighted by molar-refractivity contribution is 7.14. The van der Waals surface area contributed by atoms with E-state index in [0.717, 1.165) is 0 Å². The minimum atomic E-state index is -0.509. The SMILES string of the molecule is O=C(Cc1csc(NC(=O)c2ccc3c(c2)OCO3)n1)Nc1ccccc1F. The van der Waals surface area contributed by atoms with Crippen molar-refractivity contribution in [1.29, 1.82) is 0 Å². The van der Waals surface area contributed by atoms with E-state index < -0.39 is 11.7 Å². The van der Waals surface area contributed by atoms with Crippen LogP contribution < -0.4 is 20.1 Å². The number of halogens is 1. The Kier molecular flexibility index (Phi) is 4.90. The Morgan fingerprint density at radius 1 is 1.11 bits per heavy atom. The zero-order valence-corrected chi connectivity index (χ0v) is 15.2. The number of aromatic nitrogens is 1. The lowest BCUT2D eigenvalue weighted by molar-refractivity contribution is -0.115. The third-order valence-electron chi connectivity index (χ3n) is 3.90. The average Bonchev–Trinajstić information content (AvgIpc) is 3.32. The minimum Gasteiger partial charge on any atom is -0.454 e. The number of nitrogens with one attached hydrogen (secondary N) is 2. The quantitative estimate of drug-likeness (QED) is 0.686. The van der Waals surface area contributed by atoms with Crippen LogP contribution in [0.5, 0.6) is 11.5 Å². The van der Waals surface area contributed by atoms with Crippen LogP contribution in [0.3, 0.4) is 0 Å². The third-order valence-corrected chi connectivity index (χ3v) is 4.70. The zero-order valence-electron chi connectivity index (χ0n) is 14.4. The fourth-order valence-corrected chi connectivity index (χ4v) is 3.28. The van der Waals surface area contributed by atoms with Crippen LogP contribution in [0, 0.1) is 5.82 Å². The molecular formula is C19H14FN3O4S. The maximum Gasteiger partial charge on any atom is 0.257 e. The summed E-state index contributed by atoms with van der Waals surface area (Å²) in [6.45, 7) is 0.130. The second-order valence-corrected chi connectivity index (χ2v) is 6.73. The van der Waals surface area contributed by atoms with Crippen LogP contribution in [0.1, 0.15) is 16.1 Å². The normalized spacial score (nSPS) is 11.9. The Hall–Kier alpha value is -3.46. The van der Waals surface area contributed by atoms with Crippen molar-refractivity contribution in [3.8, 4) is 11.5 Å². The molecular weight excluding hydrogens is 385 g/mol. The highest BCUT2D eigenvalue weighted by atomic mass is 32.1. The van der Waals surface area contributed by atoms with Gasteiger partial charge in [0.15, 0.2) is 16.6 Å². The molecule has 0 aliphatic carbocycles. The van der Waals surface area contributed by atoms with Gasteiger partial charge < -0.3 is 14.8 Å². The second-order valence-electron chi connectivity index (χ2n) is 5.87. The van der Waals surface area contributed by atoms with Gasteiger partial charge in [-0.05, 0) is 30.3 Å². The van der Waals surface area contributed by atoms with Crippen LogP contribution in [0.2, 0.25) is 0 Å². The Morgan fingerprint density at radius 3 is 2.79 bits per heavy atom. The summed E-state index contributed by atoms with van der Waals surface area (Å²) in [6.07, 6.45) is -0.0370. The molecule has 2 heterocycles. The molecule has 7 nitrogen and oxygen atoms in total. The smallest absolute Gasteiger partial charge is 0.257 e. The predicted molar refractivity (Wildman–Crippen MR) is 101 cm³/mol. The summed E-state index contributed by atoms with van der Waals surface area (Å²) < 4.78 is 24.1. The number of amides is 2. The van der Waals surface area contributed by atoms with Crippen LogP contribution in [0.25, 0.3) is 0 Å². The van der Waals surface area contributed by atoms with Crippen molar-refractivity contribution in [2.75, 3.05) is 17.4 Å². The van der Waals surface area contributed by atoms with Gasteiger partial charge in [0, 0.05) is 10.9 Å². The number of rotatable bonds is 5. The number of ether oxygens (including phenoxy) is 2. The van der Waals surface area contributed by atoms with Crippen LogP contribution in [-0.2, 0) is 11.2 Å². The van der Waals surface area contributed by atoms with Crippen molar-refractivity contribution in [1.82, 2.24) is 4.98 Å². The summed E-state index contributed by atoms with van der Waals surface area (Å²) in [5.41, 5.74) is 0.984. The molecule has 1 aliphatic heterocycles. The molecule has 0 unspecified atom stereocenters. The Balaban J connectivity index is 1.37. The van der Waals surface area contributed by atoms with Crippen molar-refractivity contribution < 1.29 is 23.5 Å². The molecule has 0 saturated heterocycles. The van der Waals surface area contributed by atoms with Gasteiger partial charge in [-0.3, -0.25) is 14.9 Å². The molecule has 2 N–H and O–H groups in total. The van der Waals surface area contributed by atoms with E-state index in [0.29, 0.717) is 27.9 Å². The van der Waals surface area contributed by atoms with Crippen molar-refractivity contribution in [2.45, 2.75) is 6.42 Å². The number of anilines is 2. The maximum atomic E-state index is 13.6. The molecule has 9 heteroatoms. The molecule has 0 bridgehead atoms. The molecule has 142 valence electrons.